The average molecular weight is 619 g/mol. The van der Waals surface area contributed by atoms with Gasteiger partial charge in [-0.15, -0.1) is 9.24 Å². The van der Waals surface area contributed by atoms with Crippen molar-refractivity contribution < 1.29 is 23.8 Å². The lowest BCUT2D eigenvalue weighted by Crippen LogP contribution is -2.49. The fraction of sp³-hybridized carbons (Fsp3) is 0.730. The molecule has 0 heterocycles. The van der Waals surface area contributed by atoms with Gasteiger partial charge in [0.2, 0.25) is 0 Å². The maximum absolute atomic E-state index is 13.5. The lowest BCUT2D eigenvalue weighted by molar-refractivity contribution is -0.169. The fourth-order valence-corrected chi connectivity index (χ4v) is 5.18. The molecule has 0 amide bonds. The highest BCUT2D eigenvalue weighted by Gasteiger charge is 2.52. The van der Waals surface area contributed by atoms with Gasteiger partial charge in [-0.2, -0.15) is 0 Å². The van der Waals surface area contributed by atoms with Crippen molar-refractivity contribution >= 4 is 27.3 Å². The van der Waals surface area contributed by atoms with Crippen LogP contribution in [0.4, 0.5) is 0 Å². The Bertz CT molecular complexity index is 1000. The van der Waals surface area contributed by atoms with E-state index in [2.05, 4.69) is 85.4 Å². The van der Waals surface area contributed by atoms with Crippen LogP contribution in [0, 0.1) is 28.1 Å². The highest BCUT2D eigenvalue weighted by atomic mass is 31.0. The molecule has 0 aromatic heterocycles. The predicted octanol–water partition coefficient (Wildman–Crippen LogP) is 9.92. The summed E-state index contributed by atoms with van der Waals surface area (Å²) in [6.45, 7) is 25.8. The van der Waals surface area contributed by atoms with Crippen molar-refractivity contribution in [3.8, 4) is 5.75 Å². The molecular weight excluding hydrogens is 555 g/mol. The summed E-state index contributed by atoms with van der Waals surface area (Å²) in [6, 6.07) is 7.70. The van der Waals surface area contributed by atoms with E-state index in [-0.39, 0.29) is 27.9 Å². The first-order chi connectivity index (χ1) is 19.8. The second-order valence-electron chi connectivity index (χ2n) is 15.1. The van der Waals surface area contributed by atoms with Crippen LogP contribution in [0.1, 0.15) is 127 Å². The van der Waals surface area contributed by atoms with E-state index in [1.54, 1.807) is 6.08 Å². The number of unbranched alkanes of at least 4 members (excludes halogenated alkanes) is 3. The van der Waals surface area contributed by atoms with Crippen molar-refractivity contribution in [1.29, 1.82) is 0 Å². The van der Waals surface area contributed by atoms with Crippen molar-refractivity contribution in [2.24, 2.45) is 28.1 Å². The number of benzene rings is 1. The first-order valence-corrected chi connectivity index (χ1v) is 16.9. The molecule has 0 saturated heterocycles. The SMILES string of the molecule is CC(C)C(C)(C)CC(C)(C(=O)OCCCCCCOc1ccc(/C=C/C(=O)OCCCC(C)(C)P)cc1)C(C)(C)C(C)C. The summed E-state index contributed by atoms with van der Waals surface area (Å²) >= 11 is 0. The van der Waals surface area contributed by atoms with Gasteiger partial charge in [-0.25, -0.2) is 4.79 Å². The summed E-state index contributed by atoms with van der Waals surface area (Å²) in [5.41, 5.74) is 0.225. The lowest BCUT2D eigenvalue weighted by atomic mass is 9.55. The van der Waals surface area contributed by atoms with Gasteiger partial charge in [-0.3, -0.25) is 4.79 Å². The smallest absolute Gasteiger partial charge is 0.330 e. The fourth-order valence-electron chi connectivity index (χ4n) is 4.98. The topological polar surface area (TPSA) is 61.8 Å². The van der Waals surface area contributed by atoms with E-state index in [0.29, 0.717) is 31.7 Å². The molecule has 2 atom stereocenters. The molecule has 43 heavy (non-hydrogen) atoms. The summed E-state index contributed by atoms with van der Waals surface area (Å²) < 4.78 is 17.1. The van der Waals surface area contributed by atoms with Gasteiger partial charge in [0.15, 0.2) is 0 Å². The number of rotatable bonds is 20. The Morgan fingerprint density at radius 2 is 1.33 bits per heavy atom. The minimum atomic E-state index is -0.553. The Morgan fingerprint density at radius 1 is 0.767 bits per heavy atom. The highest BCUT2D eigenvalue weighted by molar-refractivity contribution is 7.18. The number of hydrogen-bond donors (Lipinski definition) is 0. The Labute approximate surface area is 266 Å². The molecule has 0 aliphatic carbocycles. The zero-order valence-electron chi connectivity index (χ0n) is 29.3. The van der Waals surface area contributed by atoms with Crippen LogP contribution < -0.4 is 4.74 Å². The summed E-state index contributed by atoms with van der Waals surface area (Å²) in [7, 11) is 2.81. The molecule has 0 aliphatic rings. The molecule has 1 rings (SSSR count). The molecule has 0 saturated carbocycles. The maximum atomic E-state index is 13.5. The molecule has 0 fully saturated rings. The molecule has 5 nitrogen and oxygen atoms in total. The van der Waals surface area contributed by atoms with E-state index in [1.165, 1.54) is 6.08 Å². The number of ether oxygens (including phenoxy) is 3. The minimum absolute atomic E-state index is 0.0377. The minimum Gasteiger partial charge on any atom is -0.494 e. The number of carbonyl (C=O) groups excluding carboxylic acids is 2. The van der Waals surface area contributed by atoms with Gasteiger partial charge in [-0.1, -0.05) is 81.4 Å². The zero-order chi connectivity index (χ0) is 32.9. The standard InChI is InChI=1S/C37H63O5P/c1-28(2)34(5,6)27-37(11,36(9,10)29(3)4)33(39)42-25-15-13-12-14-24-40-31-20-17-30(18-21-31)19-22-32(38)41-26-16-23-35(7,8)43/h17-22,28-29H,12-16,23-27,43H2,1-11H3/b22-19+. The van der Waals surface area contributed by atoms with Crippen LogP contribution in [0.5, 0.6) is 5.75 Å². The van der Waals surface area contributed by atoms with E-state index >= 15 is 0 Å². The molecular formula is C37H63O5P. The molecule has 6 heteroatoms. The van der Waals surface area contributed by atoms with Crippen molar-refractivity contribution in [1.82, 2.24) is 0 Å². The van der Waals surface area contributed by atoms with Crippen LogP contribution in [0.25, 0.3) is 6.08 Å². The third kappa shape index (κ3) is 13.8. The van der Waals surface area contributed by atoms with Crippen LogP contribution in [-0.2, 0) is 19.1 Å². The van der Waals surface area contributed by atoms with Gasteiger partial charge in [-0.05, 0) is 103 Å². The molecule has 1 aromatic rings. The van der Waals surface area contributed by atoms with Crippen LogP contribution in [-0.4, -0.2) is 36.9 Å². The van der Waals surface area contributed by atoms with E-state index in [0.717, 1.165) is 56.3 Å². The number of carbonyl (C=O) groups is 2. The largest absolute Gasteiger partial charge is 0.494 e. The quantitative estimate of drug-likeness (QED) is 0.0630. The molecule has 0 radical (unpaired) electrons. The van der Waals surface area contributed by atoms with Gasteiger partial charge in [0.25, 0.3) is 0 Å². The molecule has 0 spiro atoms. The monoisotopic (exact) mass is 618 g/mol. The second kappa shape index (κ2) is 17.6. The summed E-state index contributed by atoms with van der Waals surface area (Å²) in [5.74, 6) is 1.26. The molecule has 246 valence electrons. The third-order valence-electron chi connectivity index (χ3n) is 9.73. The predicted molar refractivity (Wildman–Crippen MR) is 184 cm³/mol. The first kappa shape index (κ1) is 39.2. The number of hydrogen-bond acceptors (Lipinski definition) is 5. The normalized spacial score (nSPS) is 14.3. The van der Waals surface area contributed by atoms with Crippen molar-refractivity contribution in [2.45, 2.75) is 126 Å². The maximum Gasteiger partial charge on any atom is 0.330 e. The van der Waals surface area contributed by atoms with Gasteiger partial charge < -0.3 is 14.2 Å². The molecule has 0 N–H and O–H groups in total. The van der Waals surface area contributed by atoms with Crippen LogP contribution >= 0.6 is 9.24 Å². The van der Waals surface area contributed by atoms with Gasteiger partial charge in [0, 0.05) is 6.08 Å². The zero-order valence-corrected chi connectivity index (χ0v) is 30.5. The van der Waals surface area contributed by atoms with Crippen molar-refractivity contribution in [3.05, 3.63) is 35.9 Å². The summed E-state index contributed by atoms with van der Waals surface area (Å²) in [4.78, 5) is 25.4. The van der Waals surface area contributed by atoms with E-state index in [4.69, 9.17) is 14.2 Å². The summed E-state index contributed by atoms with van der Waals surface area (Å²) in [5, 5.41) is 0.168. The Balaban J connectivity index is 2.39. The first-order valence-electron chi connectivity index (χ1n) is 16.4. The second-order valence-corrected chi connectivity index (χ2v) is 16.7. The Morgan fingerprint density at radius 3 is 1.86 bits per heavy atom. The Hall–Kier alpha value is -1.87. The van der Waals surface area contributed by atoms with E-state index in [1.807, 2.05) is 24.3 Å². The van der Waals surface area contributed by atoms with Gasteiger partial charge in [0.1, 0.15) is 5.75 Å². The van der Waals surface area contributed by atoms with E-state index < -0.39 is 5.41 Å². The average Bonchev–Trinajstić information content (AvgIpc) is 2.90. The van der Waals surface area contributed by atoms with Crippen LogP contribution in [0.15, 0.2) is 30.3 Å². The highest BCUT2D eigenvalue weighted by Crippen LogP contribution is 2.53. The van der Waals surface area contributed by atoms with Crippen LogP contribution in [0.2, 0.25) is 0 Å². The van der Waals surface area contributed by atoms with Gasteiger partial charge in [0.05, 0.1) is 25.2 Å². The molecule has 1 aromatic carbocycles. The van der Waals surface area contributed by atoms with Crippen molar-refractivity contribution in [3.63, 3.8) is 0 Å². The van der Waals surface area contributed by atoms with Gasteiger partial charge >= 0.3 is 11.9 Å². The van der Waals surface area contributed by atoms with E-state index in [9.17, 15) is 9.59 Å². The van der Waals surface area contributed by atoms with Crippen molar-refractivity contribution in [2.75, 3.05) is 19.8 Å². The summed E-state index contributed by atoms with van der Waals surface area (Å²) in [6.07, 6.45) is 9.68. The lowest BCUT2D eigenvalue weighted by Gasteiger charge is -2.49. The molecule has 2 unspecified atom stereocenters. The number of esters is 2. The molecule has 0 bridgehead atoms. The molecule has 0 aliphatic heterocycles. The Kier molecular flexibility index (Phi) is 16.0. The third-order valence-corrected chi connectivity index (χ3v) is 10.0. The van der Waals surface area contributed by atoms with Crippen LogP contribution in [0.3, 0.4) is 0 Å².